The van der Waals surface area contributed by atoms with E-state index >= 15 is 0 Å². The summed E-state index contributed by atoms with van der Waals surface area (Å²) in [6.07, 6.45) is 0. The monoisotopic (exact) mass is 301 g/mol. The summed E-state index contributed by atoms with van der Waals surface area (Å²) in [7, 11) is 0. The number of nitrogens with one attached hydrogen (secondary N) is 1. The zero-order chi connectivity index (χ0) is 12.6. The molecule has 1 amide bonds. The number of hydrogen-bond acceptors (Lipinski definition) is 3. The third kappa shape index (κ3) is 2.04. The average molecular weight is 302 g/mol. The molecule has 1 fully saturated rings. The van der Waals surface area contributed by atoms with E-state index in [9.17, 15) is 14.0 Å². The molecule has 17 heavy (non-hydrogen) atoms. The maximum Gasteiger partial charge on any atom is 0.336 e. The number of carbonyl (C=O) groups is 2. The molecule has 2 rings (SSSR count). The maximum atomic E-state index is 13.7. The Morgan fingerprint density at radius 1 is 1.47 bits per heavy atom. The first-order valence-corrected chi connectivity index (χ1v) is 5.66. The maximum absolute atomic E-state index is 13.7. The molecule has 4 nitrogen and oxygen atoms in total. The Morgan fingerprint density at radius 2 is 2.18 bits per heavy atom. The first-order chi connectivity index (χ1) is 7.93. The van der Waals surface area contributed by atoms with Gasteiger partial charge in [0.05, 0.1) is 0 Å². The van der Waals surface area contributed by atoms with Gasteiger partial charge in [0.2, 0.25) is 0 Å². The zero-order valence-corrected chi connectivity index (χ0v) is 10.5. The smallest absolute Gasteiger partial charge is 0.336 e. The number of rotatable bonds is 1. The predicted molar refractivity (Wildman–Crippen MR) is 60.6 cm³/mol. The number of benzene rings is 1. The molecule has 0 spiro atoms. The molecule has 1 aromatic carbocycles. The number of cyclic esters (lactones) is 1. The van der Waals surface area contributed by atoms with Crippen molar-refractivity contribution in [3.8, 4) is 0 Å². The minimum absolute atomic E-state index is 0.0740. The second-order valence-electron chi connectivity index (χ2n) is 3.87. The lowest BCUT2D eigenvalue weighted by Gasteiger charge is -2.32. The Morgan fingerprint density at radius 3 is 2.88 bits per heavy atom. The highest BCUT2D eigenvalue weighted by molar-refractivity contribution is 9.10. The van der Waals surface area contributed by atoms with Gasteiger partial charge in [-0.3, -0.25) is 4.79 Å². The number of amides is 1. The molecule has 1 heterocycles. The van der Waals surface area contributed by atoms with Crippen molar-refractivity contribution in [2.75, 3.05) is 6.61 Å². The van der Waals surface area contributed by atoms with E-state index in [1.54, 1.807) is 0 Å². The Balaban J connectivity index is 2.52. The largest absolute Gasteiger partial charge is 0.454 e. The van der Waals surface area contributed by atoms with Gasteiger partial charge in [-0.1, -0.05) is 15.9 Å². The summed E-state index contributed by atoms with van der Waals surface area (Å²) < 4.78 is 19.1. The number of morpholine rings is 1. The molecule has 1 saturated heterocycles. The minimum atomic E-state index is -1.48. The lowest BCUT2D eigenvalue weighted by Crippen LogP contribution is -2.56. The number of hydrogen-bond donors (Lipinski definition) is 1. The predicted octanol–water partition coefficient (Wildman–Crippen LogP) is 1.48. The summed E-state index contributed by atoms with van der Waals surface area (Å²) in [5.41, 5.74) is -1.41. The van der Waals surface area contributed by atoms with Gasteiger partial charge in [-0.25, -0.2) is 9.18 Å². The summed E-state index contributed by atoms with van der Waals surface area (Å²) in [5.74, 6) is -1.70. The van der Waals surface area contributed by atoms with Crippen LogP contribution in [0, 0.1) is 5.82 Å². The van der Waals surface area contributed by atoms with E-state index in [0.29, 0.717) is 4.47 Å². The van der Waals surface area contributed by atoms with Crippen molar-refractivity contribution in [2.45, 2.75) is 12.5 Å². The molecule has 1 atom stereocenters. The van der Waals surface area contributed by atoms with E-state index in [0.717, 1.165) is 0 Å². The fourth-order valence-electron chi connectivity index (χ4n) is 1.70. The van der Waals surface area contributed by atoms with Gasteiger partial charge in [-0.2, -0.15) is 0 Å². The van der Waals surface area contributed by atoms with Crippen molar-refractivity contribution >= 4 is 27.8 Å². The van der Waals surface area contributed by atoms with Crippen LogP contribution < -0.4 is 5.32 Å². The topological polar surface area (TPSA) is 55.4 Å². The van der Waals surface area contributed by atoms with E-state index in [1.165, 1.54) is 25.1 Å². The summed E-state index contributed by atoms with van der Waals surface area (Å²) in [6.45, 7) is 1.08. The lowest BCUT2D eigenvalue weighted by atomic mass is 9.90. The molecule has 0 aliphatic carbocycles. The van der Waals surface area contributed by atoms with Crippen molar-refractivity contribution in [1.82, 2.24) is 5.32 Å². The molecule has 1 N–H and O–H groups in total. The van der Waals surface area contributed by atoms with Gasteiger partial charge in [-0.15, -0.1) is 0 Å². The highest BCUT2D eigenvalue weighted by Gasteiger charge is 2.44. The number of esters is 1. The Kier molecular flexibility index (Phi) is 2.91. The van der Waals surface area contributed by atoms with Gasteiger partial charge >= 0.3 is 5.97 Å². The molecule has 0 radical (unpaired) electrons. The average Bonchev–Trinajstić information content (AvgIpc) is 2.27. The summed E-state index contributed by atoms with van der Waals surface area (Å²) in [5, 5.41) is 2.45. The van der Waals surface area contributed by atoms with Gasteiger partial charge in [0.1, 0.15) is 5.82 Å². The second kappa shape index (κ2) is 4.10. The van der Waals surface area contributed by atoms with Crippen LogP contribution in [0.4, 0.5) is 4.39 Å². The number of halogens is 2. The van der Waals surface area contributed by atoms with Crippen LogP contribution >= 0.6 is 15.9 Å². The van der Waals surface area contributed by atoms with E-state index in [2.05, 4.69) is 21.2 Å². The molecule has 1 aliphatic rings. The van der Waals surface area contributed by atoms with Crippen LogP contribution in [0.2, 0.25) is 0 Å². The Labute approximate surface area is 105 Å². The minimum Gasteiger partial charge on any atom is -0.454 e. The third-order valence-corrected chi connectivity index (χ3v) is 3.09. The van der Waals surface area contributed by atoms with E-state index in [1.807, 2.05) is 0 Å². The zero-order valence-electron chi connectivity index (χ0n) is 8.92. The SMILES string of the molecule is C[C@]1(c2cc(Br)ccc2F)NC(=O)COC1=O. The fourth-order valence-corrected chi connectivity index (χ4v) is 2.06. The first kappa shape index (κ1) is 12.0. The molecule has 0 saturated carbocycles. The molecular formula is C11H9BrFNO3. The van der Waals surface area contributed by atoms with Crippen molar-refractivity contribution < 1.29 is 18.7 Å². The number of ether oxygens (including phenoxy) is 1. The molecule has 0 aromatic heterocycles. The van der Waals surface area contributed by atoms with Gasteiger partial charge in [0.25, 0.3) is 5.91 Å². The Hall–Kier alpha value is -1.43. The highest BCUT2D eigenvalue weighted by Crippen LogP contribution is 2.29. The van der Waals surface area contributed by atoms with E-state index in [4.69, 9.17) is 4.74 Å². The fraction of sp³-hybridized carbons (Fsp3) is 0.273. The van der Waals surface area contributed by atoms with Crippen LogP contribution in [0.25, 0.3) is 0 Å². The van der Waals surface area contributed by atoms with Crippen molar-refractivity contribution in [1.29, 1.82) is 0 Å². The quantitative estimate of drug-likeness (QED) is 0.799. The van der Waals surface area contributed by atoms with Gasteiger partial charge in [0.15, 0.2) is 12.1 Å². The second-order valence-corrected chi connectivity index (χ2v) is 4.79. The number of carbonyl (C=O) groups excluding carboxylic acids is 2. The van der Waals surface area contributed by atoms with Crippen LogP contribution in [0.5, 0.6) is 0 Å². The van der Waals surface area contributed by atoms with Crippen molar-refractivity contribution in [3.05, 3.63) is 34.1 Å². The van der Waals surface area contributed by atoms with E-state index in [-0.39, 0.29) is 12.2 Å². The van der Waals surface area contributed by atoms with Crippen molar-refractivity contribution in [3.63, 3.8) is 0 Å². The molecule has 0 bridgehead atoms. The Bertz CT molecular complexity index is 505. The van der Waals surface area contributed by atoms with Crippen LogP contribution in [-0.2, 0) is 19.9 Å². The van der Waals surface area contributed by atoms with Crippen LogP contribution in [0.1, 0.15) is 12.5 Å². The summed E-state index contributed by atoms with van der Waals surface area (Å²) in [4.78, 5) is 23.0. The van der Waals surface area contributed by atoms with Crippen LogP contribution in [-0.4, -0.2) is 18.5 Å². The van der Waals surface area contributed by atoms with Gasteiger partial charge in [-0.05, 0) is 25.1 Å². The van der Waals surface area contributed by atoms with Gasteiger partial charge in [0, 0.05) is 10.0 Å². The third-order valence-electron chi connectivity index (χ3n) is 2.60. The molecule has 1 aromatic rings. The van der Waals surface area contributed by atoms with Crippen LogP contribution in [0.15, 0.2) is 22.7 Å². The molecule has 1 aliphatic heterocycles. The van der Waals surface area contributed by atoms with E-state index < -0.39 is 23.2 Å². The summed E-state index contributed by atoms with van der Waals surface area (Å²) in [6, 6.07) is 4.18. The molecule has 0 unspecified atom stereocenters. The molecule has 90 valence electrons. The van der Waals surface area contributed by atoms with Crippen molar-refractivity contribution in [2.24, 2.45) is 0 Å². The first-order valence-electron chi connectivity index (χ1n) is 4.87. The van der Waals surface area contributed by atoms with Crippen LogP contribution in [0.3, 0.4) is 0 Å². The molecule has 6 heteroatoms. The molecular weight excluding hydrogens is 293 g/mol. The van der Waals surface area contributed by atoms with Gasteiger partial charge < -0.3 is 10.1 Å². The summed E-state index contributed by atoms with van der Waals surface area (Å²) >= 11 is 3.19. The normalized spacial score (nSPS) is 24.2. The highest BCUT2D eigenvalue weighted by atomic mass is 79.9. The lowest BCUT2D eigenvalue weighted by molar-refractivity contribution is -0.163. The standard InChI is InChI=1S/C11H9BrFNO3/c1-11(10(16)17-5-9(15)14-11)7-4-6(12)2-3-8(7)13/h2-4H,5H2,1H3,(H,14,15)/t11-/m1/s1.